The number of rotatable bonds is 5. The molecule has 0 fully saturated rings. The third-order valence-electron chi connectivity index (χ3n) is 5.87. The van der Waals surface area contributed by atoms with E-state index >= 15 is 0 Å². The number of aromatic amines is 1. The van der Waals surface area contributed by atoms with Crippen molar-refractivity contribution in [1.29, 1.82) is 0 Å². The molecule has 6 rings (SSSR count). The quantitative estimate of drug-likeness (QED) is 0.412. The van der Waals surface area contributed by atoms with Crippen molar-refractivity contribution in [1.82, 2.24) is 29.5 Å². The fraction of sp³-hybridized carbons (Fsp3) is 0.217. The highest BCUT2D eigenvalue weighted by atomic mass is 32.2. The molecule has 8 nitrogen and oxygen atoms in total. The van der Waals surface area contributed by atoms with E-state index in [-0.39, 0.29) is 6.04 Å². The molecular formula is C23H20FN7OS. The number of anilines is 1. The van der Waals surface area contributed by atoms with Crippen LogP contribution in [-0.4, -0.2) is 46.0 Å². The third-order valence-corrected chi connectivity index (χ3v) is 7.35. The summed E-state index contributed by atoms with van der Waals surface area (Å²) < 4.78 is 28.3. The molecule has 0 aliphatic carbocycles. The van der Waals surface area contributed by atoms with E-state index in [0.717, 1.165) is 18.1 Å². The zero-order valence-electron chi connectivity index (χ0n) is 17.7. The highest BCUT2D eigenvalue weighted by Gasteiger charge is 2.31. The molecule has 0 saturated carbocycles. The summed E-state index contributed by atoms with van der Waals surface area (Å²) >= 11 is 0. The number of nitrogens with zero attached hydrogens (tertiary/aromatic N) is 5. The molecule has 0 radical (unpaired) electrons. The number of fused-ring (bicyclic) bond motifs is 4. The molecule has 2 atom stereocenters. The van der Waals surface area contributed by atoms with Gasteiger partial charge in [0.2, 0.25) is 5.16 Å². The second kappa shape index (κ2) is 7.73. The fourth-order valence-electron chi connectivity index (χ4n) is 4.32. The molecule has 2 N–H and O–H groups in total. The summed E-state index contributed by atoms with van der Waals surface area (Å²) in [5.74, 6) is 0.919. The van der Waals surface area contributed by atoms with Crippen LogP contribution in [-0.2, 0) is 17.2 Å². The lowest BCUT2D eigenvalue weighted by Crippen LogP contribution is -2.09. The summed E-state index contributed by atoms with van der Waals surface area (Å²) in [7, 11) is -1.19. The van der Waals surface area contributed by atoms with Crippen LogP contribution >= 0.6 is 0 Å². The van der Waals surface area contributed by atoms with Crippen molar-refractivity contribution in [3.8, 4) is 11.4 Å². The topological polar surface area (TPSA) is 101 Å². The van der Waals surface area contributed by atoms with E-state index in [2.05, 4.69) is 36.3 Å². The largest absolute Gasteiger partial charge is 0.368 e. The van der Waals surface area contributed by atoms with E-state index in [1.54, 1.807) is 0 Å². The van der Waals surface area contributed by atoms with Gasteiger partial charge in [-0.15, -0.1) is 0 Å². The Labute approximate surface area is 190 Å². The van der Waals surface area contributed by atoms with Gasteiger partial charge in [0.25, 0.3) is 0 Å². The second-order valence-electron chi connectivity index (χ2n) is 8.12. The molecule has 0 amide bonds. The van der Waals surface area contributed by atoms with E-state index in [1.807, 2.05) is 35.9 Å². The Balaban J connectivity index is 1.40. The second-order valence-corrected chi connectivity index (χ2v) is 9.51. The number of imidazole rings is 1. The minimum absolute atomic E-state index is 0.00159. The van der Waals surface area contributed by atoms with Gasteiger partial charge >= 0.3 is 0 Å². The van der Waals surface area contributed by atoms with Crippen molar-refractivity contribution in [2.45, 2.75) is 24.5 Å². The fourth-order valence-corrected chi connectivity index (χ4v) is 5.74. The van der Waals surface area contributed by atoms with Gasteiger partial charge in [0, 0.05) is 41.4 Å². The van der Waals surface area contributed by atoms with Gasteiger partial charge in [0.1, 0.15) is 5.82 Å². The molecule has 166 valence electrons. The van der Waals surface area contributed by atoms with Gasteiger partial charge in [-0.05, 0) is 31.0 Å². The standard InChI is InChI=1S/C23H20FN7OS/c1-13-12-33(32)23-28-19-21(26-7-6-14-10-27-18-5-3-2-4-17(14)18)29-20(30-22(19)31(13)23)15-8-16(24)11-25-9-15/h2-5,8-11,13,27H,6-7,12H2,1H3,(H,26,29,30)/t13-,33?/m1/s1. The number of para-hydroxylation sites is 1. The Morgan fingerprint density at radius 3 is 3.00 bits per heavy atom. The van der Waals surface area contributed by atoms with Gasteiger partial charge < -0.3 is 10.3 Å². The molecule has 1 aliphatic heterocycles. The van der Waals surface area contributed by atoms with Crippen molar-refractivity contribution in [2.75, 3.05) is 17.6 Å². The Morgan fingerprint density at radius 2 is 2.12 bits per heavy atom. The van der Waals surface area contributed by atoms with Crippen LogP contribution in [0.25, 0.3) is 33.5 Å². The molecule has 5 aromatic rings. The Hall–Kier alpha value is -3.66. The molecular weight excluding hydrogens is 441 g/mol. The molecule has 10 heteroatoms. The van der Waals surface area contributed by atoms with Crippen LogP contribution in [0.2, 0.25) is 0 Å². The predicted molar refractivity (Wildman–Crippen MR) is 125 cm³/mol. The first kappa shape index (κ1) is 20.0. The third kappa shape index (κ3) is 3.37. The first-order valence-electron chi connectivity index (χ1n) is 10.7. The molecule has 33 heavy (non-hydrogen) atoms. The molecule has 5 heterocycles. The van der Waals surface area contributed by atoms with E-state index in [0.29, 0.717) is 45.8 Å². The average Bonchev–Trinajstić information content (AvgIpc) is 3.48. The van der Waals surface area contributed by atoms with Crippen molar-refractivity contribution in [2.24, 2.45) is 0 Å². The maximum absolute atomic E-state index is 13.8. The first-order valence-corrected chi connectivity index (χ1v) is 12.0. The molecule has 1 unspecified atom stereocenters. The average molecular weight is 462 g/mol. The number of pyridine rings is 1. The molecule has 0 saturated heterocycles. The monoisotopic (exact) mass is 461 g/mol. The van der Waals surface area contributed by atoms with Crippen LogP contribution in [0.15, 0.2) is 54.1 Å². The number of benzene rings is 1. The van der Waals surface area contributed by atoms with Crippen LogP contribution in [0.4, 0.5) is 10.2 Å². The first-order chi connectivity index (χ1) is 16.1. The predicted octanol–water partition coefficient (Wildman–Crippen LogP) is 3.85. The highest BCUT2D eigenvalue weighted by molar-refractivity contribution is 7.85. The minimum atomic E-state index is -1.19. The summed E-state index contributed by atoms with van der Waals surface area (Å²) in [6.45, 7) is 2.60. The summed E-state index contributed by atoms with van der Waals surface area (Å²) in [6, 6.07) is 9.52. The normalized spacial score (nSPS) is 17.6. The van der Waals surface area contributed by atoms with Crippen LogP contribution < -0.4 is 5.32 Å². The number of nitrogens with one attached hydrogen (secondary N) is 2. The van der Waals surface area contributed by atoms with Crippen molar-refractivity contribution >= 4 is 38.7 Å². The number of H-pyrrole nitrogens is 1. The highest BCUT2D eigenvalue weighted by Crippen LogP contribution is 2.33. The van der Waals surface area contributed by atoms with Crippen LogP contribution in [0.1, 0.15) is 18.5 Å². The zero-order valence-corrected chi connectivity index (χ0v) is 18.6. The zero-order chi connectivity index (χ0) is 22.5. The lowest BCUT2D eigenvalue weighted by atomic mass is 10.1. The van der Waals surface area contributed by atoms with E-state index in [9.17, 15) is 8.60 Å². The number of halogens is 1. The molecule has 0 bridgehead atoms. The minimum Gasteiger partial charge on any atom is -0.368 e. The van der Waals surface area contributed by atoms with Crippen molar-refractivity contribution in [3.05, 3.63) is 60.3 Å². The maximum Gasteiger partial charge on any atom is 0.201 e. The summed E-state index contributed by atoms with van der Waals surface area (Å²) in [4.78, 5) is 21.2. The Kier molecular flexibility index (Phi) is 4.68. The SMILES string of the molecule is C[C@@H]1CS(=O)c2nc3c(NCCc4c[nH]c5ccccc45)nc(-c4cncc(F)c4)nc3n21. The van der Waals surface area contributed by atoms with E-state index in [1.165, 1.54) is 23.2 Å². The summed E-state index contributed by atoms with van der Waals surface area (Å²) in [5, 5.41) is 5.06. The van der Waals surface area contributed by atoms with Gasteiger partial charge in [0.05, 0.1) is 22.7 Å². The van der Waals surface area contributed by atoms with Crippen LogP contribution in [0.5, 0.6) is 0 Å². The maximum atomic E-state index is 13.8. The van der Waals surface area contributed by atoms with Gasteiger partial charge in [-0.25, -0.2) is 19.3 Å². The van der Waals surface area contributed by atoms with Crippen LogP contribution in [0.3, 0.4) is 0 Å². The van der Waals surface area contributed by atoms with E-state index < -0.39 is 16.6 Å². The number of aromatic nitrogens is 6. The van der Waals surface area contributed by atoms with E-state index in [4.69, 9.17) is 0 Å². The lowest BCUT2D eigenvalue weighted by Gasteiger charge is -2.11. The Bertz CT molecular complexity index is 1540. The number of hydrogen-bond acceptors (Lipinski definition) is 6. The Morgan fingerprint density at radius 1 is 1.24 bits per heavy atom. The number of hydrogen-bond donors (Lipinski definition) is 2. The van der Waals surface area contributed by atoms with Crippen LogP contribution in [0, 0.1) is 5.82 Å². The smallest absolute Gasteiger partial charge is 0.201 e. The molecule has 1 aliphatic rings. The lowest BCUT2D eigenvalue weighted by molar-refractivity contribution is 0.596. The van der Waals surface area contributed by atoms with Gasteiger partial charge in [-0.2, -0.15) is 0 Å². The van der Waals surface area contributed by atoms with Crippen molar-refractivity contribution < 1.29 is 8.60 Å². The van der Waals surface area contributed by atoms with Gasteiger partial charge in [-0.1, -0.05) is 18.2 Å². The van der Waals surface area contributed by atoms with Gasteiger partial charge in [-0.3, -0.25) is 13.8 Å². The van der Waals surface area contributed by atoms with Gasteiger partial charge in [0.15, 0.2) is 22.8 Å². The van der Waals surface area contributed by atoms with Crippen molar-refractivity contribution in [3.63, 3.8) is 0 Å². The molecule has 1 aromatic carbocycles. The summed E-state index contributed by atoms with van der Waals surface area (Å²) in [6.07, 6.45) is 5.46. The molecule has 4 aromatic heterocycles. The summed E-state index contributed by atoms with van der Waals surface area (Å²) in [5.41, 5.74) is 3.92. The molecule has 0 spiro atoms.